The first-order valence-corrected chi connectivity index (χ1v) is 9.84. The lowest BCUT2D eigenvalue weighted by Gasteiger charge is -2.23. The molecule has 0 heterocycles. The lowest BCUT2D eigenvalue weighted by molar-refractivity contribution is 0.415. The molecule has 0 atom stereocenters. The summed E-state index contributed by atoms with van der Waals surface area (Å²) in [4.78, 5) is 0. The molecule has 6 heteroatoms. The second-order valence-corrected chi connectivity index (χ2v) is 7.81. The van der Waals surface area contributed by atoms with E-state index in [2.05, 4.69) is 10.2 Å². The van der Waals surface area contributed by atoms with Gasteiger partial charge in [-0.25, -0.2) is 0 Å². The van der Waals surface area contributed by atoms with E-state index in [0.29, 0.717) is 28.2 Å². The number of hydrogen-bond donors (Lipinski definition) is 2. The van der Waals surface area contributed by atoms with Gasteiger partial charge < -0.3 is 19.6 Å². The lowest BCUT2D eigenvalue weighted by atomic mass is 10.3. The van der Waals surface area contributed by atoms with Crippen LogP contribution in [0.1, 0.15) is 0 Å². The minimum Gasteiger partial charge on any atom is -0.497 e. The molecule has 0 unspecified atom stereocenters. The highest BCUT2D eigenvalue weighted by Gasteiger charge is 2.25. The van der Waals surface area contributed by atoms with Crippen molar-refractivity contribution in [3.05, 3.63) is 78.9 Å². The number of hydrogen-bond acceptors (Lipinski definition) is 3. The minimum atomic E-state index is -3.19. The van der Waals surface area contributed by atoms with Crippen LogP contribution in [0.4, 0.5) is 11.4 Å². The van der Waals surface area contributed by atoms with Crippen LogP contribution >= 0.6 is 7.44 Å². The Balaban J connectivity index is 1.97. The van der Waals surface area contributed by atoms with Crippen molar-refractivity contribution in [2.45, 2.75) is 0 Å². The second-order valence-electron chi connectivity index (χ2n) is 5.63. The Morgan fingerprint density at radius 1 is 0.692 bits per heavy atom. The average molecular weight is 368 g/mol. The van der Waals surface area contributed by atoms with E-state index in [4.69, 9.17) is 9.47 Å². The van der Waals surface area contributed by atoms with E-state index < -0.39 is 7.44 Å². The van der Waals surface area contributed by atoms with Crippen molar-refractivity contribution < 1.29 is 14.0 Å². The summed E-state index contributed by atoms with van der Waals surface area (Å²) in [5, 5.41) is 6.98. The van der Waals surface area contributed by atoms with Crippen LogP contribution in [0.25, 0.3) is 0 Å². The third kappa shape index (κ3) is 4.19. The van der Waals surface area contributed by atoms with Crippen LogP contribution in [0.5, 0.6) is 11.5 Å². The zero-order valence-corrected chi connectivity index (χ0v) is 15.6. The van der Waals surface area contributed by atoms with E-state index in [9.17, 15) is 4.57 Å². The summed E-state index contributed by atoms with van der Waals surface area (Å²) in [6, 6.07) is 24.0. The molecule has 134 valence electrons. The van der Waals surface area contributed by atoms with E-state index in [1.165, 1.54) is 0 Å². The highest BCUT2D eigenvalue weighted by Crippen LogP contribution is 2.45. The van der Waals surface area contributed by atoms with Crippen LogP contribution < -0.4 is 25.0 Å². The summed E-state index contributed by atoms with van der Waals surface area (Å²) < 4.78 is 24.4. The Labute approximate surface area is 153 Å². The fourth-order valence-electron chi connectivity index (χ4n) is 2.54. The average Bonchev–Trinajstić information content (AvgIpc) is 2.69. The standard InChI is InChI=1S/C20H21N2O3P/c1-24-18-10-6-8-16(14-18)21-26(23,20-12-4-3-5-13-20)22-17-9-7-11-19(15-17)25-2/h3-15H,1-2H3,(H2,21,22,23). The topological polar surface area (TPSA) is 59.6 Å². The number of anilines is 2. The molecule has 0 amide bonds. The highest BCUT2D eigenvalue weighted by molar-refractivity contribution is 7.74. The van der Waals surface area contributed by atoms with Crippen molar-refractivity contribution in [2.24, 2.45) is 0 Å². The van der Waals surface area contributed by atoms with Gasteiger partial charge in [0.15, 0.2) is 0 Å². The molecular weight excluding hydrogens is 347 g/mol. The number of ether oxygens (including phenoxy) is 2. The summed E-state index contributed by atoms with van der Waals surface area (Å²) in [7, 11) is 0.0159. The van der Waals surface area contributed by atoms with E-state index in [1.54, 1.807) is 14.2 Å². The molecule has 0 spiro atoms. The SMILES string of the molecule is COc1cccc(NP(=O)(Nc2cccc(OC)c2)c2ccccc2)c1. The van der Waals surface area contributed by atoms with Gasteiger partial charge in [0.2, 0.25) is 0 Å². The van der Waals surface area contributed by atoms with Crippen molar-refractivity contribution in [2.75, 3.05) is 24.4 Å². The third-order valence-corrected chi connectivity index (χ3v) is 6.00. The zero-order chi connectivity index (χ0) is 18.4. The van der Waals surface area contributed by atoms with Gasteiger partial charge in [-0.2, -0.15) is 0 Å². The molecule has 3 rings (SSSR count). The molecule has 0 aliphatic heterocycles. The quantitative estimate of drug-likeness (QED) is 0.590. The van der Waals surface area contributed by atoms with E-state index in [1.807, 2.05) is 78.9 Å². The molecule has 0 saturated carbocycles. The maximum atomic E-state index is 13.8. The monoisotopic (exact) mass is 368 g/mol. The molecule has 5 nitrogen and oxygen atoms in total. The first-order chi connectivity index (χ1) is 12.6. The van der Waals surface area contributed by atoms with Gasteiger partial charge in [0.1, 0.15) is 11.5 Å². The number of rotatable bonds is 7. The molecule has 0 aromatic heterocycles. The van der Waals surface area contributed by atoms with Gasteiger partial charge in [0.05, 0.1) is 19.5 Å². The maximum Gasteiger partial charge on any atom is 0.287 e. The van der Waals surface area contributed by atoms with E-state index in [-0.39, 0.29) is 0 Å². The van der Waals surface area contributed by atoms with Crippen molar-refractivity contribution in [3.63, 3.8) is 0 Å². The second kappa shape index (κ2) is 7.98. The predicted molar refractivity (Wildman–Crippen MR) is 107 cm³/mol. The number of nitrogens with one attached hydrogen (secondary N) is 2. The van der Waals surface area contributed by atoms with Gasteiger partial charge in [0.25, 0.3) is 7.44 Å². The van der Waals surface area contributed by atoms with Crippen LogP contribution in [0.15, 0.2) is 78.9 Å². The first-order valence-electron chi connectivity index (χ1n) is 8.13. The molecule has 0 radical (unpaired) electrons. The summed E-state index contributed by atoms with van der Waals surface area (Å²) in [5.41, 5.74) is 1.40. The molecule has 3 aromatic rings. The van der Waals surface area contributed by atoms with Gasteiger partial charge in [-0.05, 0) is 36.4 Å². The Kier molecular flexibility index (Phi) is 5.49. The largest absolute Gasteiger partial charge is 0.497 e. The Morgan fingerprint density at radius 2 is 1.19 bits per heavy atom. The van der Waals surface area contributed by atoms with Gasteiger partial charge in [-0.3, -0.25) is 4.57 Å². The predicted octanol–water partition coefficient (Wildman–Crippen LogP) is 4.75. The lowest BCUT2D eigenvalue weighted by Crippen LogP contribution is -2.18. The van der Waals surface area contributed by atoms with Gasteiger partial charge in [-0.1, -0.05) is 30.3 Å². The molecule has 0 bridgehead atoms. The number of methoxy groups -OCH3 is 2. The first kappa shape index (κ1) is 17.9. The van der Waals surface area contributed by atoms with Gasteiger partial charge >= 0.3 is 0 Å². The summed E-state index contributed by atoms with van der Waals surface area (Å²) >= 11 is 0. The highest BCUT2D eigenvalue weighted by atomic mass is 31.2. The fourth-order valence-corrected chi connectivity index (χ4v) is 4.46. The van der Waals surface area contributed by atoms with Crippen LogP contribution in [0, 0.1) is 0 Å². The molecule has 3 aromatic carbocycles. The van der Waals surface area contributed by atoms with Crippen LogP contribution in [0.2, 0.25) is 0 Å². The van der Waals surface area contributed by atoms with Crippen LogP contribution in [-0.4, -0.2) is 14.2 Å². The number of benzene rings is 3. The van der Waals surface area contributed by atoms with Crippen molar-refractivity contribution >= 4 is 24.1 Å². The van der Waals surface area contributed by atoms with Gasteiger partial charge in [0, 0.05) is 23.5 Å². The molecule has 2 N–H and O–H groups in total. The maximum absolute atomic E-state index is 13.8. The summed E-state index contributed by atoms with van der Waals surface area (Å²) in [6.45, 7) is 0. The Morgan fingerprint density at radius 3 is 1.65 bits per heavy atom. The molecule has 0 saturated heterocycles. The smallest absolute Gasteiger partial charge is 0.287 e. The molecule has 26 heavy (non-hydrogen) atoms. The van der Waals surface area contributed by atoms with E-state index >= 15 is 0 Å². The molecular formula is C20H21N2O3P. The third-order valence-electron chi connectivity index (χ3n) is 3.83. The Bertz CT molecular complexity index is 862. The van der Waals surface area contributed by atoms with Crippen molar-refractivity contribution in [3.8, 4) is 11.5 Å². The Hall–Kier alpha value is -2.91. The normalized spacial score (nSPS) is 10.8. The van der Waals surface area contributed by atoms with E-state index in [0.717, 1.165) is 0 Å². The molecule has 0 aliphatic carbocycles. The van der Waals surface area contributed by atoms with Gasteiger partial charge in [-0.15, -0.1) is 0 Å². The van der Waals surface area contributed by atoms with Crippen LogP contribution in [0.3, 0.4) is 0 Å². The molecule has 0 aliphatic rings. The summed E-state index contributed by atoms with van der Waals surface area (Å²) in [5.74, 6) is 1.38. The van der Waals surface area contributed by atoms with Crippen LogP contribution in [-0.2, 0) is 4.57 Å². The zero-order valence-electron chi connectivity index (χ0n) is 14.7. The fraction of sp³-hybridized carbons (Fsp3) is 0.100. The molecule has 0 fully saturated rings. The van der Waals surface area contributed by atoms with Crippen molar-refractivity contribution in [1.29, 1.82) is 0 Å². The minimum absolute atomic E-state index is 0.672. The van der Waals surface area contributed by atoms with Crippen molar-refractivity contribution in [1.82, 2.24) is 0 Å². The summed E-state index contributed by atoms with van der Waals surface area (Å²) in [6.07, 6.45) is 0.